The van der Waals surface area contributed by atoms with Crippen molar-refractivity contribution in [3.8, 4) is 0 Å². The molecule has 0 bridgehead atoms. The average Bonchev–Trinajstić information content (AvgIpc) is 3.17. The molecule has 1 aromatic carbocycles. The Morgan fingerprint density at radius 1 is 1.14 bits per heavy atom. The zero-order chi connectivity index (χ0) is 27.4. The SMILES string of the molecule is CC[C@H](NC(=O)[C@@H](CC)C(C)(C)c1cn(C)c2ccccc12)C(=O)N(C)[C@H](/C=C(\C)C(=O)O)C(C)C. The molecule has 2 rings (SSSR count). The van der Waals surface area contributed by atoms with Gasteiger partial charge in [0.2, 0.25) is 11.8 Å². The van der Waals surface area contributed by atoms with Gasteiger partial charge in [-0.1, -0.05) is 65.8 Å². The van der Waals surface area contributed by atoms with Crippen LogP contribution in [0.3, 0.4) is 0 Å². The van der Waals surface area contributed by atoms with Crippen LogP contribution in [0.5, 0.6) is 0 Å². The molecular formula is C29H43N3O4. The van der Waals surface area contributed by atoms with Crippen LogP contribution in [0.15, 0.2) is 42.1 Å². The Balaban J connectivity index is 2.31. The van der Waals surface area contributed by atoms with Gasteiger partial charge >= 0.3 is 5.97 Å². The minimum absolute atomic E-state index is 0.00939. The lowest BCUT2D eigenvalue weighted by atomic mass is 9.71. The number of aromatic nitrogens is 1. The molecule has 0 unspecified atom stereocenters. The molecule has 198 valence electrons. The number of nitrogens with zero attached hydrogens (tertiary/aromatic N) is 2. The Hall–Kier alpha value is -3.09. The normalized spacial score (nSPS) is 15.0. The molecule has 2 aromatic rings. The van der Waals surface area contributed by atoms with E-state index in [1.165, 1.54) is 6.92 Å². The Kier molecular flexibility index (Phi) is 9.52. The number of carboxylic acids is 1. The van der Waals surface area contributed by atoms with E-state index in [0.717, 1.165) is 16.5 Å². The molecule has 7 heteroatoms. The molecule has 1 heterocycles. The molecule has 0 aliphatic carbocycles. The summed E-state index contributed by atoms with van der Waals surface area (Å²) in [6.45, 7) is 13.5. The predicted molar refractivity (Wildman–Crippen MR) is 145 cm³/mol. The Bertz CT molecular complexity index is 1130. The molecule has 0 saturated carbocycles. The van der Waals surface area contributed by atoms with E-state index in [2.05, 4.69) is 42.1 Å². The van der Waals surface area contributed by atoms with Crippen LogP contribution in [0.4, 0.5) is 0 Å². The van der Waals surface area contributed by atoms with Gasteiger partial charge < -0.3 is 19.9 Å². The topological polar surface area (TPSA) is 91.6 Å². The summed E-state index contributed by atoms with van der Waals surface area (Å²) >= 11 is 0. The highest BCUT2D eigenvalue weighted by Crippen LogP contribution is 2.39. The van der Waals surface area contributed by atoms with E-state index in [0.29, 0.717) is 12.8 Å². The van der Waals surface area contributed by atoms with Crippen LogP contribution < -0.4 is 5.32 Å². The number of aryl methyl sites for hydroxylation is 1. The Morgan fingerprint density at radius 3 is 2.28 bits per heavy atom. The minimum atomic E-state index is -1.01. The van der Waals surface area contributed by atoms with Crippen LogP contribution in [-0.4, -0.2) is 51.5 Å². The van der Waals surface area contributed by atoms with Gasteiger partial charge in [0.15, 0.2) is 0 Å². The lowest BCUT2D eigenvalue weighted by Gasteiger charge is -2.36. The summed E-state index contributed by atoms with van der Waals surface area (Å²) in [5.41, 5.74) is 1.94. The molecule has 0 fully saturated rings. The number of nitrogens with one attached hydrogen (secondary N) is 1. The second kappa shape index (κ2) is 11.8. The molecule has 0 aliphatic heterocycles. The second-order valence-electron chi connectivity index (χ2n) is 10.7. The number of para-hydroxylation sites is 1. The third-order valence-corrected chi connectivity index (χ3v) is 7.45. The maximum Gasteiger partial charge on any atom is 0.331 e. The van der Waals surface area contributed by atoms with Crippen molar-refractivity contribution in [2.45, 2.75) is 78.8 Å². The van der Waals surface area contributed by atoms with Gasteiger partial charge in [-0.25, -0.2) is 4.79 Å². The first kappa shape index (κ1) is 29.1. The molecular weight excluding hydrogens is 454 g/mol. The molecule has 2 amide bonds. The van der Waals surface area contributed by atoms with E-state index in [-0.39, 0.29) is 29.2 Å². The van der Waals surface area contributed by atoms with Crippen LogP contribution in [0, 0.1) is 11.8 Å². The number of carbonyl (C=O) groups excluding carboxylic acids is 2. The van der Waals surface area contributed by atoms with Crippen molar-refractivity contribution in [3.63, 3.8) is 0 Å². The van der Waals surface area contributed by atoms with Crippen LogP contribution in [0.25, 0.3) is 10.9 Å². The summed E-state index contributed by atoms with van der Waals surface area (Å²) in [5, 5.41) is 13.5. The van der Waals surface area contributed by atoms with Gasteiger partial charge in [-0.3, -0.25) is 9.59 Å². The number of amides is 2. The molecule has 36 heavy (non-hydrogen) atoms. The number of fused-ring (bicyclic) bond motifs is 1. The number of benzene rings is 1. The predicted octanol–water partition coefficient (Wildman–Crippen LogP) is 4.89. The van der Waals surface area contributed by atoms with E-state index in [1.807, 2.05) is 46.9 Å². The smallest absolute Gasteiger partial charge is 0.331 e. The van der Waals surface area contributed by atoms with Crippen molar-refractivity contribution in [1.29, 1.82) is 0 Å². The Morgan fingerprint density at radius 2 is 1.75 bits per heavy atom. The van der Waals surface area contributed by atoms with E-state index >= 15 is 0 Å². The molecule has 0 saturated heterocycles. The fraction of sp³-hybridized carbons (Fsp3) is 0.552. The summed E-state index contributed by atoms with van der Waals surface area (Å²) in [4.78, 5) is 40.0. The van der Waals surface area contributed by atoms with Crippen molar-refractivity contribution >= 4 is 28.7 Å². The number of aliphatic carboxylic acids is 1. The van der Waals surface area contributed by atoms with Crippen molar-refractivity contribution in [2.24, 2.45) is 18.9 Å². The molecule has 0 aliphatic rings. The summed E-state index contributed by atoms with van der Waals surface area (Å²) in [6, 6.07) is 7.09. The number of hydrogen-bond donors (Lipinski definition) is 2. The van der Waals surface area contributed by atoms with Crippen LogP contribution in [0.2, 0.25) is 0 Å². The van der Waals surface area contributed by atoms with Gasteiger partial charge in [0, 0.05) is 48.1 Å². The summed E-state index contributed by atoms with van der Waals surface area (Å²) in [5.74, 6) is -1.72. The van der Waals surface area contributed by atoms with Crippen LogP contribution in [-0.2, 0) is 26.8 Å². The van der Waals surface area contributed by atoms with Gasteiger partial charge in [-0.15, -0.1) is 0 Å². The molecule has 1 aromatic heterocycles. The van der Waals surface area contributed by atoms with Crippen molar-refractivity contribution in [3.05, 3.63) is 47.7 Å². The van der Waals surface area contributed by atoms with Gasteiger partial charge in [-0.2, -0.15) is 0 Å². The summed E-state index contributed by atoms with van der Waals surface area (Å²) < 4.78 is 2.09. The van der Waals surface area contributed by atoms with Gasteiger partial charge in [0.1, 0.15) is 6.04 Å². The maximum absolute atomic E-state index is 13.6. The largest absolute Gasteiger partial charge is 0.478 e. The van der Waals surface area contributed by atoms with Gasteiger partial charge in [0.25, 0.3) is 0 Å². The average molecular weight is 498 g/mol. The van der Waals surface area contributed by atoms with Crippen LogP contribution in [0.1, 0.15) is 66.9 Å². The maximum atomic E-state index is 13.6. The standard InChI is InChI=1S/C29H43N3O4/c1-10-21(29(6,7)22-17-31(8)24-15-13-12-14-20(22)24)26(33)30-23(11-2)27(34)32(9)25(18(3)4)16-19(5)28(35)36/h12-18,21,23,25H,10-11H2,1-9H3,(H,30,33)(H,35,36)/b19-16+/t21-,23+,25-/m1/s1. The van der Waals surface area contributed by atoms with Crippen LogP contribution >= 0.6 is 0 Å². The fourth-order valence-electron chi connectivity index (χ4n) is 5.15. The second-order valence-corrected chi connectivity index (χ2v) is 10.7. The van der Waals surface area contributed by atoms with Crippen molar-refractivity contribution < 1.29 is 19.5 Å². The van der Waals surface area contributed by atoms with Crippen molar-refractivity contribution in [1.82, 2.24) is 14.8 Å². The zero-order valence-electron chi connectivity index (χ0n) is 23.3. The highest BCUT2D eigenvalue weighted by molar-refractivity contribution is 5.91. The number of hydrogen-bond acceptors (Lipinski definition) is 3. The molecule has 2 N–H and O–H groups in total. The number of rotatable bonds is 11. The van der Waals surface area contributed by atoms with E-state index in [4.69, 9.17) is 0 Å². The first-order chi connectivity index (χ1) is 16.8. The fourth-order valence-corrected chi connectivity index (χ4v) is 5.15. The third kappa shape index (κ3) is 6.00. The van der Waals surface area contributed by atoms with Gasteiger partial charge in [0.05, 0.1) is 6.04 Å². The Labute approximate surface area is 215 Å². The van der Waals surface area contributed by atoms with E-state index in [1.54, 1.807) is 18.0 Å². The lowest BCUT2D eigenvalue weighted by molar-refractivity contribution is -0.138. The molecule has 3 atom stereocenters. The lowest BCUT2D eigenvalue weighted by Crippen LogP contribution is -2.53. The number of carbonyl (C=O) groups is 3. The first-order valence-electron chi connectivity index (χ1n) is 12.8. The zero-order valence-corrected chi connectivity index (χ0v) is 23.3. The minimum Gasteiger partial charge on any atom is -0.478 e. The number of carboxylic acid groups (broad SMARTS) is 1. The number of likely N-dealkylation sites (N-methyl/N-ethyl adjacent to an activating group) is 1. The highest BCUT2D eigenvalue weighted by Gasteiger charge is 2.39. The molecule has 0 spiro atoms. The monoisotopic (exact) mass is 497 g/mol. The van der Waals surface area contributed by atoms with E-state index in [9.17, 15) is 19.5 Å². The highest BCUT2D eigenvalue weighted by atomic mass is 16.4. The quantitative estimate of drug-likeness (QED) is 0.433. The molecule has 7 nitrogen and oxygen atoms in total. The first-order valence-corrected chi connectivity index (χ1v) is 12.8. The molecule has 0 radical (unpaired) electrons. The summed E-state index contributed by atoms with van der Waals surface area (Å²) in [6.07, 6.45) is 4.77. The summed E-state index contributed by atoms with van der Waals surface area (Å²) in [7, 11) is 3.68. The van der Waals surface area contributed by atoms with Gasteiger partial charge in [-0.05, 0) is 37.3 Å². The van der Waals surface area contributed by atoms with E-state index < -0.39 is 23.5 Å². The third-order valence-electron chi connectivity index (χ3n) is 7.45. The van der Waals surface area contributed by atoms with Crippen molar-refractivity contribution in [2.75, 3.05) is 7.05 Å².